The fraction of sp³-hybridized carbons (Fsp3) is 0.222. The Morgan fingerprint density at radius 3 is 1.71 bits per heavy atom. The highest BCUT2D eigenvalue weighted by atomic mass is 35.5. The van der Waals surface area contributed by atoms with E-state index in [-0.39, 0.29) is 0 Å². The summed E-state index contributed by atoms with van der Waals surface area (Å²) in [6, 6.07) is 16.0. The van der Waals surface area contributed by atoms with Crippen molar-refractivity contribution in [3.05, 3.63) is 75.3 Å². The van der Waals surface area contributed by atoms with Crippen molar-refractivity contribution in [2.24, 2.45) is 0 Å². The molecule has 1 heterocycles. The van der Waals surface area contributed by atoms with Gasteiger partial charge in [0.05, 0.1) is 0 Å². The van der Waals surface area contributed by atoms with E-state index in [1.54, 1.807) is 0 Å². The molecule has 0 amide bonds. The summed E-state index contributed by atoms with van der Waals surface area (Å²) in [4.78, 5) is 0. The molecule has 0 aromatic heterocycles. The van der Waals surface area contributed by atoms with Gasteiger partial charge >= 0.3 is 0 Å². The molecule has 1 aliphatic rings. The molecule has 2 aromatic rings. The molecule has 1 aliphatic heterocycles. The van der Waals surface area contributed by atoms with Gasteiger partial charge in [0.25, 0.3) is 0 Å². The minimum Gasteiger partial charge on any atom is -0.316 e. The summed E-state index contributed by atoms with van der Waals surface area (Å²) in [5.41, 5.74) is 4.77. The number of piperidine rings is 1. The van der Waals surface area contributed by atoms with Gasteiger partial charge in [-0.15, -0.1) is 0 Å². The third-order valence-corrected chi connectivity index (χ3v) is 4.51. The maximum atomic E-state index is 6.45. The SMILES string of the molecule is Clc1ccccc1C(=C1CCNCC1)c1ccccc1Cl. The zero-order valence-corrected chi connectivity index (χ0v) is 13.2. The van der Waals surface area contributed by atoms with Crippen LogP contribution in [0.4, 0.5) is 0 Å². The summed E-state index contributed by atoms with van der Waals surface area (Å²) in [5.74, 6) is 0. The van der Waals surface area contributed by atoms with Gasteiger partial charge < -0.3 is 5.32 Å². The van der Waals surface area contributed by atoms with Gasteiger partial charge in [0.15, 0.2) is 0 Å². The molecule has 0 atom stereocenters. The molecule has 0 aliphatic carbocycles. The van der Waals surface area contributed by atoms with Crippen molar-refractivity contribution < 1.29 is 0 Å². The van der Waals surface area contributed by atoms with Crippen molar-refractivity contribution in [3.63, 3.8) is 0 Å². The molecule has 1 saturated heterocycles. The van der Waals surface area contributed by atoms with E-state index in [4.69, 9.17) is 23.2 Å². The highest BCUT2D eigenvalue weighted by Crippen LogP contribution is 2.37. The number of nitrogens with one attached hydrogen (secondary N) is 1. The second kappa shape index (κ2) is 6.65. The Bertz CT molecular complexity index is 621. The molecule has 0 saturated carbocycles. The number of halogens is 2. The Balaban J connectivity index is 2.21. The van der Waals surface area contributed by atoms with Crippen LogP contribution >= 0.6 is 23.2 Å². The Hall–Kier alpha value is -1.28. The molecule has 0 spiro atoms. The molecule has 1 nitrogen and oxygen atoms in total. The first kappa shape index (κ1) is 14.6. The number of hydrogen-bond acceptors (Lipinski definition) is 1. The Labute approximate surface area is 135 Å². The lowest BCUT2D eigenvalue weighted by molar-refractivity contribution is 0.611. The third-order valence-electron chi connectivity index (χ3n) is 3.85. The van der Waals surface area contributed by atoms with Gasteiger partial charge in [0.2, 0.25) is 0 Å². The summed E-state index contributed by atoms with van der Waals surface area (Å²) >= 11 is 12.9. The fourth-order valence-electron chi connectivity index (χ4n) is 2.83. The number of rotatable bonds is 2. The van der Waals surface area contributed by atoms with Crippen LogP contribution < -0.4 is 5.32 Å². The van der Waals surface area contributed by atoms with Crippen LogP contribution in [0, 0.1) is 0 Å². The lowest BCUT2D eigenvalue weighted by Gasteiger charge is -2.22. The molecule has 21 heavy (non-hydrogen) atoms. The van der Waals surface area contributed by atoms with Gasteiger partial charge in [0.1, 0.15) is 0 Å². The van der Waals surface area contributed by atoms with Crippen molar-refractivity contribution in [2.75, 3.05) is 13.1 Å². The Morgan fingerprint density at radius 2 is 1.24 bits per heavy atom. The van der Waals surface area contributed by atoms with Crippen LogP contribution in [0.5, 0.6) is 0 Å². The van der Waals surface area contributed by atoms with Crippen LogP contribution in [0.2, 0.25) is 10.0 Å². The zero-order valence-electron chi connectivity index (χ0n) is 11.7. The fourth-order valence-corrected chi connectivity index (χ4v) is 3.29. The van der Waals surface area contributed by atoms with Gasteiger partial charge in [-0.3, -0.25) is 0 Å². The van der Waals surface area contributed by atoms with E-state index in [2.05, 4.69) is 17.4 Å². The van der Waals surface area contributed by atoms with Crippen molar-refractivity contribution in [3.8, 4) is 0 Å². The summed E-state index contributed by atoms with van der Waals surface area (Å²) in [6.07, 6.45) is 2.07. The van der Waals surface area contributed by atoms with E-state index in [0.29, 0.717) is 0 Å². The molecule has 3 heteroatoms. The highest BCUT2D eigenvalue weighted by Gasteiger charge is 2.18. The van der Waals surface area contributed by atoms with E-state index >= 15 is 0 Å². The first-order valence-electron chi connectivity index (χ1n) is 7.20. The van der Waals surface area contributed by atoms with Crippen LogP contribution in [0.15, 0.2) is 54.1 Å². The van der Waals surface area contributed by atoms with E-state index in [1.807, 2.05) is 36.4 Å². The van der Waals surface area contributed by atoms with E-state index in [0.717, 1.165) is 47.1 Å². The standard InChI is InChI=1S/C18H17Cl2N/c19-16-7-3-1-5-14(16)18(13-9-11-21-12-10-13)15-6-2-4-8-17(15)20/h1-8,21H,9-12H2. The van der Waals surface area contributed by atoms with Gasteiger partial charge in [-0.25, -0.2) is 0 Å². The molecule has 0 radical (unpaired) electrons. The predicted molar refractivity (Wildman–Crippen MR) is 91.0 cm³/mol. The van der Waals surface area contributed by atoms with Crippen LogP contribution in [-0.4, -0.2) is 13.1 Å². The smallest absolute Gasteiger partial charge is 0.0484 e. The Morgan fingerprint density at radius 1 is 0.762 bits per heavy atom. The molecular weight excluding hydrogens is 301 g/mol. The van der Waals surface area contributed by atoms with Crippen molar-refractivity contribution in [1.82, 2.24) is 5.32 Å². The molecule has 1 N–H and O–H groups in total. The van der Waals surface area contributed by atoms with Gasteiger partial charge in [-0.1, -0.05) is 65.2 Å². The van der Waals surface area contributed by atoms with Gasteiger partial charge in [-0.05, 0) is 43.6 Å². The molecule has 3 rings (SSSR count). The van der Waals surface area contributed by atoms with E-state index in [9.17, 15) is 0 Å². The van der Waals surface area contributed by atoms with Crippen LogP contribution in [-0.2, 0) is 0 Å². The first-order chi connectivity index (χ1) is 10.3. The minimum atomic E-state index is 0.776. The van der Waals surface area contributed by atoms with Crippen LogP contribution in [0.25, 0.3) is 5.57 Å². The summed E-state index contributed by atoms with van der Waals surface area (Å²) in [5, 5.41) is 4.95. The second-order valence-electron chi connectivity index (χ2n) is 5.19. The third kappa shape index (κ3) is 3.16. The summed E-state index contributed by atoms with van der Waals surface area (Å²) in [7, 11) is 0. The lowest BCUT2D eigenvalue weighted by Crippen LogP contribution is -2.24. The maximum absolute atomic E-state index is 6.45. The van der Waals surface area contributed by atoms with Gasteiger partial charge in [0, 0.05) is 21.2 Å². The quantitative estimate of drug-likeness (QED) is 0.804. The van der Waals surface area contributed by atoms with E-state index < -0.39 is 0 Å². The number of benzene rings is 2. The largest absolute Gasteiger partial charge is 0.316 e. The summed E-state index contributed by atoms with van der Waals surface area (Å²) in [6.45, 7) is 2.02. The second-order valence-corrected chi connectivity index (χ2v) is 6.00. The van der Waals surface area contributed by atoms with Crippen LogP contribution in [0.1, 0.15) is 24.0 Å². The normalized spacial score (nSPS) is 15.0. The van der Waals surface area contributed by atoms with Crippen molar-refractivity contribution in [2.45, 2.75) is 12.8 Å². The lowest BCUT2D eigenvalue weighted by atomic mass is 9.89. The number of hydrogen-bond donors (Lipinski definition) is 1. The first-order valence-corrected chi connectivity index (χ1v) is 7.95. The van der Waals surface area contributed by atoms with E-state index in [1.165, 1.54) is 11.1 Å². The average Bonchev–Trinajstić information content (AvgIpc) is 2.52. The molecule has 0 bridgehead atoms. The highest BCUT2D eigenvalue weighted by molar-refractivity contribution is 6.34. The summed E-state index contributed by atoms with van der Waals surface area (Å²) < 4.78 is 0. The monoisotopic (exact) mass is 317 g/mol. The molecule has 1 fully saturated rings. The van der Waals surface area contributed by atoms with Gasteiger partial charge in [-0.2, -0.15) is 0 Å². The minimum absolute atomic E-state index is 0.776. The predicted octanol–water partition coefficient (Wildman–Crippen LogP) is 5.18. The maximum Gasteiger partial charge on any atom is 0.0484 e. The topological polar surface area (TPSA) is 12.0 Å². The average molecular weight is 318 g/mol. The zero-order chi connectivity index (χ0) is 14.7. The molecule has 108 valence electrons. The molecule has 2 aromatic carbocycles. The molecular formula is C18H17Cl2N. The van der Waals surface area contributed by atoms with Crippen molar-refractivity contribution in [1.29, 1.82) is 0 Å². The van der Waals surface area contributed by atoms with Crippen LogP contribution in [0.3, 0.4) is 0 Å². The molecule has 0 unspecified atom stereocenters. The van der Waals surface area contributed by atoms with Crippen molar-refractivity contribution >= 4 is 28.8 Å². The Kier molecular flexibility index (Phi) is 4.64.